The monoisotopic (exact) mass is 362 g/mol. The summed E-state index contributed by atoms with van der Waals surface area (Å²) in [6, 6.07) is 5.63. The fraction of sp³-hybridized carbons (Fsp3) is 0.438. The maximum absolute atomic E-state index is 11.5. The molecule has 2 N–H and O–H groups in total. The van der Waals surface area contributed by atoms with Gasteiger partial charge in [-0.2, -0.15) is 0 Å². The number of rotatable bonds is 6. The Bertz CT molecular complexity index is 841. The highest BCUT2D eigenvalue weighted by Gasteiger charge is 2.19. The van der Waals surface area contributed by atoms with Crippen LogP contribution in [0.4, 0.5) is 5.82 Å². The molecule has 0 aliphatic carbocycles. The Balaban J connectivity index is 1.84. The maximum Gasteiger partial charge on any atom is 0.211 e. The van der Waals surface area contributed by atoms with Gasteiger partial charge in [-0.05, 0) is 25.1 Å². The summed E-state index contributed by atoms with van der Waals surface area (Å²) in [6.45, 7) is 2.41. The molecule has 0 amide bonds. The van der Waals surface area contributed by atoms with E-state index in [1.807, 2.05) is 18.2 Å². The molecule has 0 spiro atoms. The first kappa shape index (κ1) is 17.7. The summed E-state index contributed by atoms with van der Waals surface area (Å²) in [5.41, 5.74) is 2.76. The lowest BCUT2D eigenvalue weighted by Crippen LogP contribution is -2.31. The lowest BCUT2D eigenvalue weighted by molar-refractivity contribution is 0.486. The Morgan fingerprint density at radius 2 is 2.16 bits per heavy atom. The van der Waals surface area contributed by atoms with Gasteiger partial charge < -0.3 is 10.6 Å². The Labute approximate surface area is 147 Å². The van der Waals surface area contributed by atoms with Crippen molar-refractivity contribution in [2.24, 2.45) is 0 Å². The van der Waals surface area contributed by atoms with Crippen molar-refractivity contribution in [2.45, 2.75) is 13.0 Å². The molecule has 0 radical (unpaired) electrons. The number of likely N-dealkylation sites (N-methyl/N-ethyl adjacent to an activating group) is 1. The molecule has 3 heterocycles. The molecule has 8 nitrogen and oxygen atoms in total. The van der Waals surface area contributed by atoms with E-state index < -0.39 is 10.0 Å². The average Bonchev–Trinajstić information content (AvgIpc) is 2.61. The molecule has 134 valence electrons. The van der Waals surface area contributed by atoms with Crippen LogP contribution in [-0.4, -0.2) is 60.6 Å². The first-order valence-electron chi connectivity index (χ1n) is 8.12. The number of nitrogens with zero attached hydrogens (tertiary/aromatic N) is 4. The largest absolute Gasteiger partial charge is 0.368 e. The van der Waals surface area contributed by atoms with Crippen LogP contribution in [0.3, 0.4) is 0 Å². The van der Waals surface area contributed by atoms with Crippen LogP contribution in [-0.2, 0) is 23.0 Å². The molecule has 0 bridgehead atoms. The molecule has 0 saturated carbocycles. The van der Waals surface area contributed by atoms with Crippen molar-refractivity contribution in [1.29, 1.82) is 0 Å². The summed E-state index contributed by atoms with van der Waals surface area (Å²) in [5, 5.41) is 6.59. The molecular weight excluding hydrogens is 340 g/mol. The van der Waals surface area contributed by atoms with Crippen molar-refractivity contribution >= 4 is 15.8 Å². The molecular formula is C16H22N6O2S. The van der Waals surface area contributed by atoms with Gasteiger partial charge in [-0.15, -0.1) is 0 Å². The third-order valence-electron chi connectivity index (χ3n) is 4.12. The number of hydrogen-bond acceptors (Lipinski definition) is 7. The molecule has 0 atom stereocenters. The topological polar surface area (TPSA) is 100 Å². The Morgan fingerprint density at radius 3 is 2.88 bits per heavy atom. The maximum atomic E-state index is 11.5. The fourth-order valence-electron chi connectivity index (χ4n) is 2.61. The van der Waals surface area contributed by atoms with Crippen LogP contribution in [0.5, 0.6) is 0 Å². The number of fused-ring (bicyclic) bond motifs is 1. The summed E-state index contributed by atoms with van der Waals surface area (Å²) < 4.78 is 24.3. The van der Waals surface area contributed by atoms with Gasteiger partial charge in [0.2, 0.25) is 10.0 Å². The molecule has 2 aromatic rings. The second kappa shape index (κ2) is 7.42. The number of sulfonamides is 1. The summed E-state index contributed by atoms with van der Waals surface area (Å²) in [6.07, 6.45) is 3.75. The first-order valence-corrected chi connectivity index (χ1v) is 9.97. The summed E-state index contributed by atoms with van der Waals surface area (Å²) in [4.78, 5) is 13.6. The quantitative estimate of drug-likeness (QED) is 0.771. The van der Waals surface area contributed by atoms with E-state index in [0.717, 1.165) is 30.0 Å². The Morgan fingerprint density at radius 1 is 1.32 bits per heavy atom. The fourth-order valence-corrected chi connectivity index (χ4v) is 3.04. The molecule has 9 heteroatoms. The van der Waals surface area contributed by atoms with Crippen LogP contribution < -0.4 is 10.6 Å². The van der Waals surface area contributed by atoms with E-state index in [4.69, 9.17) is 0 Å². The van der Waals surface area contributed by atoms with Crippen molar-refractivity contribution in [2.75, 3.05) is 38.3 Å². The van der Waals surface area contributed by atoms with Gasteiger partial charge in [0.25, 0.3) is 0 Å². The molecule has 1 aliphatic heterocycles. The van der Waals surface area contributed by atoms with Gasteiger partial charge in [0, 0.05) is 38.4 Å². The third-order valence-corrected chi connectivity index (χ3v) is 5.43. The number of hydrogen-bond donors (Lipinski definition) is 2. The first-order chi connectivity index (χ1) is 11.9. The molecule has 3 rings (SSSR count). The van der Waals surface area contributed by atoms with Crippen molar-refractivity contribution in [3.05, 3.63) is 35.7 Å². The number of anilines is 1. The lowest BCUT2D eigenvalue weighted by atomic mass is 10.1. The van der Waals surface area contributed by atoms with Crippen molar-refractivity contribution in [3.63, 3.8) is 0 Å². The van der Waals surface area contributed by atoms with E-state index in [1.165, 1.54) is 10.6 Å². The van der Waals surface area contributed by atoms with Crippen LogP contribution in [0.15, 0.2) is 24.4 Å². The molecule has 2 aromatic heterocycles. The van der Waals surface area contributed by atoms with E-state index in [9.17, 15) is 8.42 Å². The minimum Gasteiger partial charge on any atom is -0.368 e. The van der Waals surface area contributed by atoms with Gasteiger partial charge in [-0.1, -0.05) is 6.07 Å². The lowest BCUT2D eigenvalue weighted by Gasteiger charge is -2.21. The van der Waals surface area contributed by atoms with Crippen LogP contribution >= 0.6 is 0 Å². The summed E-state index contributed by atoms with van der Waals surface area (Å²) in [5.74, 6) is 1.33. The minimum absolute atomic E-state index is 0.370. The standard InChI is InChI=1S/C16H22N6O2S/c1-22(25(2,23)24)10-9-19-15-12-6-8-17-11-14(12)20-16(21-15)13-5-3-4-7-18-13/h3-5,7,17H,6,8-11H2,1-2H3,(H,19,20,21). The molecule has 25 heavy (non-hydrogen) atoms. The van der Waals surface area contributed by atoms with Gasteiger partial charge >= 0.3 is 0 Å². The molecule has 0 aromatic carbocycles. The number of nitrogens with one attached hydrogen (secondary N) is 2. The molecule has 1 aliphatic rings. The molecule has 0 unspecified atom stereocenters. The number of aromatic nitrogens is 3. The Hall–Kier alpha value is -2.10. The zero-order chi connectivity index (χ0) is 17.9. The summed E-state index contributed by atoms with van der Waals surface area (Å²) >= 11 is 0. The number of pyridine rings is 1. The SMILES string of the molecule is CN(CCNc1nc(-c2ccccn2)nc2c1CCNC2)S(C)(=O)=O. The van der Waals surface area contributed by atoms with Gasteiger partial charge in [0.05, 0.1) is 11.9 Å². The van der Waals surface area contributed by atoms with Gasteiger partial charge in [0.1, 0.15) is 11.5 Å². The van der Waals surface area contributed by atoms with Crippen molar-refractivity contribution in [3.8, 4) is 11.5 Å². The van der Waals surface area contributed by atoms with E-state index in [2.05, 4.69) is 25.6 Å². The van der Waals surface area contributed by atoms with E-state index in [1.54, 1.807) is 13.2 Å². The Kier molecular flexibility index (Phi) is 5.26. The van der Waals surface area contributed by atoms with Gasteiger partial charge in [-0.25, -0.2) is 22.7 Å². The average molecular weight is 362 g/mol. The predicted molar refractivity (Wildman–Crippen MR) is 96.6 cm³/mol. The van der Waals surface area contributed by atoms with Crippen LogP contribution in [0, 0.1) is 0 Å². The smallest absolute Gasteiger partial charge is 0.211 e. The van der Waals surface area contributed by atoms with E-state index in [-0.39, 0.29) is 0 Å². The highest BCUT2D eigenvalue weighted by Crippen LogP contribution is 2.23. The van der Waals surface area contributed by atoms with E-state index >= 15 is 0 Å². The second-order valence-electron chi connectivity index (χ2n) is 5.97. The third kappa shape index (κ3) is 4.30. The highest BCUT2D eigenvalue weighted by molar-refractivity contribution is 7.88. The highest BCUT2D eigenvalue weighted by atomic mass is 32.2. The minimum atomic E-state index is -3.19. The van der Waals surface area contributed by atoms with Crippen LogP contribution in [0.1, 0.15) is 11.3 Å². The van der Waals surface area contributed by atoms with Crippen LogP contribution in [0.2, 0.25) is 0 Å². The van der Waals surface area contributed by atoms with Gasteiger partial charge in [-0.3, -0.25) is 4.98 Å². The molecule has 0 saturated heterocycles. The zero-order valence-corrected chi connectivity index (χ0v) is 15.2. The molecule has 0 fully saturated rings. The van der Waals surface area contributed by atoms with Crippen LogP contribution in [0.25, 0.3) is 11.5 Å². The normalized spacial score (nSPS) is 14.4. The summed E-state index contributed by atoms with van der Waals surface area (Å²) in [7, 11) is -1.62. The van der Waals surface area contributed by atoms with Crippen molar-refractivity contribution < 1.29 is 8.42 Å². The predicted octanol–water partition coefficient (Wildman–Crippen LogP) is 0.488. The van der Waals surface area contributed by atoms with Gasteiger partial charge in [0.15, 0.2) is 5.82 Å². The second-order valence-corrected chi connectivity index (χ2v) is 8.06. The van der Waals surface area contributed by atoms with E-state index in [0.29, 0.717) is 31.2 Å². The van der Waals surface area contributed by atoms with Crippen molar-refractivity contribution in [1.82, 2.24) is 24.6 Å². The zero-order valence-electron chi connectivity index (χ0n) is 14.4.